The molecule has 0 bridgehead atoms. The molecule has 1 saturated carbocycles. The van der Waals surface area contributed by atoms with Crippen molar-refractivity contribution in [3.05, 3.63) is 54.1 Å². The van der Waals surface area contributed by atoms with Gasteiger partial charge in [0.1, 0.15) is 5.54 Å². The zero-order chi connectivity index (χ0) is 21.8. The largest absolute Gasteiger partial charge is 0.369 e. The molecule has 162 valence electrons. The van der Waals surface area contributed by atoms with Gasteiger partial charge in [-0.15, -0.1) is 0 Å². The second-order valence-electron chi connectivity index (χ2n) is 9.27. The summed E-state index contributed by atoms with van der Waals surface area (Å²) in [5.74, 6) is 0.111. The first-order valence-corrected chi connectivity index (χ1v) is 11.4. The Hall–Kier alpha value is -2.84. The summed E-state index contributed by atoms with van der Waals surface area (Å²) in [5.41, 5.74) is 3.91. The summed E-state index contributed by atoms with van der Waals surface area (Å²) >= 11 is 0. The first-order valence-electron chi connectivity index (χ1n) is 11.4. The van der Waals surface area contributed by atoms with Crippen LogP contribution in [-0.4, -0.2) is 37.6 Å². The van der Waals surface area contributed by atoms with Gasteiger partial charge in [0, 0.05) is 31.9 Å². The molecule has 1 aliphatic carbocycles. The van der Waals surface area contributed by atoms with E-state index in [1.165, 1.54) is 5.69 Å². The number of nitrogens with one attached hydrogen (secondary N) is 2. The second kappa shape index (κ2) is 9.11. The van der Waals surface area contributed by atoms with Crippen LogP contribution in [0.25, 0.3) is 11.1 Å². The highest BCUT2D eigenvalue weighted by atomic mass is 16.2. The van der Waals surface area contributed by atoms with Gasteiger partial charge in [-0.1, -0.05) is 50.2 Å². The van der Waals surface area contributed by atoms with Crippen molar-refractivity contribution in [2.45, 2.75) is 44.6 Å². The quantitative estimate of drug-likeness (QED) is 0.714. The minimum Gasteiger partial charge on any atom is -0.369 e. The number of anilines is 1. The van der Waals surface area contributed by atoms with Crippen LogP contribution in [0.15, 0.2) is 48.5 Å². The van der Waals surface area contributed by atoms with E-state index in [1.807, 2.05) is 12.1 Å². The Bertz CT molecular complexity index is 950. The van der Waals surface area contributed by atoms with E-state index in [1.54, 1.807) is 0 Å². The fraction of sp³-hybridized carbons (Fsp3) is 0.462. The number of rotatable bonds is 7. The lowest BCUT2D eigenvalue weighted by molar-refractivity contribution is -0.123. The summed E-state index contributed by atoms with van der Waals surface area (Å²) in [6, 6.07) is 19.3. The average molecular weight is 417 g/mol. The molecular formula is C26H32N4O. The van der Waals surface area contributed by atoms with Gasteiger partial charge in [-0.3, -0.25) is 4.79 Å². The maximum absolute atomic E-state index is 13.1. The van der Waals surface area contributed by atoms with E-state index in [0.29, 0.717) is 5.92 Å². The van der Waals surface area contributed by atoms with Crippen molar-refractivity contribution in [1.29, 1.82) is 5.26 Å². The van der Waals surface area contributed by atoms with Crippen LogP contribution < -0.4 is 15.5 Å². The molecule has 2 aromatic carbocycles. The minimum atomic E-state index is -0.635. The van der Waals surface area contributed by atoms with Gasteiger partial charge in [-0.05, 0) is 54.0 Å². The van der Waals surface area contributed by atoms with Crippen molar-refractivity contribution in [2.75, 3.05) is 31.1 Å². The third-order valence-electron chi connectivity index (χ3n) is 6.32. The predicted octanol–water partition coefficient (Wildman–Crippen LogP) is 4.07. The normalized spacial score (nSPS) is 18.3. The lowest BCUT2D eigenvalue weighted by atomic mass is 9.87. The number of piperazine rings is 1. The molecule has 4 rings (SSSR count). The Kier molecular flexibility index (Phi) is 6.29. The molecule has 2 N–H and O–H groups in total. The van der Waals surface area contributed by atoms with Crippen LogP contribution in [-0.2, 0) is 4.79 Å². The Morgan fingerprint density at radius 3 is 2.45 bits per heavy atom. The van der Waals surface area contributed by atoms with Gasteiger partial charge in [-0.2, -0.15) is 5.26 Å². The molecule has 5 heteroatoms. The molecule has 0 aromatic heterocycles. The zero-order valence-corrected chi connectivity index (χ0v) is 18.5. The van der Waals surface area contributed by atoms with Crippen molar-refractivity contribution < 1.29 is 4.79 Å². The molecule has 0 spiro atoms. The lowest BCUT2D eigenvalue weighted by Crippen LogP contribution is -2.43. The molecule has 1 amide bonds. The van der Waals surface area contributed by atoms with Crippen molar-refractivity contribution in [1.82, 2.24) is 10.6 Å². The van der Waals surface area contributed by atoms with Gasteiger partial charge in [0.05, 0.1) is 12.0 Å². The highest BCUT2D eigenvalue weighted by Gasteiger charge is 2.45. The monoisotopic (exact) mass is 416 g/mol. The van der Waals surface area contributed by atoms with Crippen LogP contribution in [0.1, 0.15) is 44.6 Å². The molecule has 2 aromatic rings. The number of carbonyl (C=O) groups is 1. The van der Waals surface area contributed by atoms with Gasteiger partial charge < -0.3 is 15.5 Å². The average Bonchev–Trinajstić information content (AvgIpc) is 3.58. The van der Waals surface area contributed by atoms with Crippen molar-refractivity contribution in [2.24, 2.45) is 5.92 Å². The van der Waals surface area contributed by atoms with E-state index < -0.39 is 5.54 Å². The Balaban J connectivity index is 1.55. The number of nitriles is 1. The molecule has 1 saturated heterocycles. The molecule has 1 unspecified atom stereocenters. The summed E-state index contributed by atoms with van der Waals surface area (Å²) in [6.45, 7) is 8.38. The number of benzene rings is 2. The van der Waals surface area contributed by atoms with Crippen LogP contribution in [0.5, 0.6) is 0 Å². The summed E-state index contributed by atoms with van der Waals surface area (Å²) in [4.78, 5) is 15.5. The zero-order valence-electron chi connectivity index (χ0n) is 18.5. The Morgan fingerprint density at radius 2 is 1.84 bits per heavy atom. The topological polar surface area (TPSA) is 68.2 Å². The van der Waals surface area contributed by atoms with E-state index in [9.17, 15) is 10.1 Å². The number of nitrogens with zero attached hydrogens (tertiary/aromatic N) is 2. The molecule has 1 aliphatic heterocycles. The van der Waals surface area contributed by atoms with Crippen LogP contribution >= 0.6 is 0 Å². The van der Waals surface area contributed by atoms with Gasteiger partial charge in [0.25, 0.3) is 0 Å². The van der Waals surface area contributed by atoms with E-state index in [0.717, 1.165) is 62.1 Å². The maximum atomic E-state index is 13.1. The third-order valence-corrected chi connectivity index (χ3v) is 6.32. The smallest absolute Gasteiger partial charge is 0.228 e. The first kappa shape index (κ1) is 21.4. The highest BCUT2D eigenvalue weighted by molar-refractivity contribution is 5.85. The van der Waals surface area contributed by atoms with Crippen LogP contribution in [0.4, 0.5) is 5.69 Å². The van der Waals surface area contributed by atoms with Gasteiger partial charge in [-0.25, -0.2) is 0 Å². The summed E-state index contributed by atoms with van der Waals surface area (Å²) in [5, 5.41) is 15.8. The number of hydrogen-bond donors (Lipinski definition) is 2. The Labute approximate surface area is 185 Å². The minimum absolute atomic E-state index is 0.0287. The standard InChI is InChI=1S/C26H32N4O/c1-19(2)16-24(25(31)29-26(18-27)10-11-26)22-5-3-4-21(17-22)20-6-8-23(9-7-20)30-14-12-28-13-15-30/h3-9,17,19,24,28H,10-16H2,1-2H3,(H,29,31). The van der Waals surface area contributed by atoms with Gasteiger partial charge in [0.15, 0.2) is 0 Å². The molecule has 2 aliphatic rings. The molecule has 1 heterocycles. The molecule has 2 fully saturated rings. The molecule has 5 nitrogen and oxygen atoms in total. The highest BCUT2D eigenvalue weighted by Crippen LogP contribution is 2.36. The summed E-state index contributed by atoms with van der Waals surface area (Å²) in [7, 11) is 0. The first-order chi connectivity index (χ1) is 15.0. The van der Waals surface area contributed by atoms with Gasteiger partial charge in [0.2, 0.25) is 5.91 Å². The predicted molar refractivity (Wildman–Crippen MR) is 125 cm³/mol. The van der Waals surface area contributed by atoms with E-state index in [4.69, 9.17) is 0 Å². The SMILES string of the molecule is CC(C)CC(C(=O)NC1(C#N)CC1)c1cccc(-c2ccc(N3CCNCC3)cc2)c1. The van der Waals surface area contributed by atoms with Crippen LogP contribution in [0, 0.1) is 17.2 Å². The van der Waals surface area contributed by atoms with Crippen LogP contribution in [0.2, 0.25) is 0 Å². The van der Waals surface area contributed by atoms with Crippen LogP contribution in [0.3, 0.4) is 0 Å². The third kappa shape index (κ3) is 5.08. The maximum Gasteiger partial charge on any atom is 0.228 e. The van der Waals surface area contributed by atoms with Crippen molar-refractivity contribution in [3.8, 4) is 17.2 Å². The fourth-order valence-electron chi connectivity index (χ4n) is 4.30. The van der Waals surface area contributed by atoms with Crippen molar-refractivity contribution >= 4 is 11.6 Å². The number of amides is 1. The van der Waals surface area contributed by atoms with E-state index in [2.05, 4.69) is 71.8 Å². The molecular weight excluding hydrogens is 384 g/mol. The van der Waals surface area contributed by atoms with E-state index >= 15 is 0 Å². The fourth-order valence-corrected chi connectivity index (χ4v) is 4.30. The molecule has 0 radical (unpaired) electrons. The molecule has 1 atom stereocenters. The van der Waals surface area contributed by atoms with Crippen molar-refractivity contribution in [3.63, 3.8) is 0 Å². The Morgan fingerprint density at radius 1 is 1.13 bits per heavy atom. The molecule has 31 heavy (non-hydrogen) atoms. The van der Waals surface area contributed by atoms with Gasteiger partial charge >= 0.3 is 0 Å². The number of carbonyl (C=O) groups excluding carboxylic acids is 1. The lowest BCUT2D eigenvalue weighted by Gasteiger charge is -2.29. The summed E-state index contributed by atoms with van der Waals surface area (Å²) in [6.07, 6.45) is 2.27. The second-order valence-corrected chi connectivity index (χ2v) is 9.27. The summed E-state index contributed by atoms with van der Waals surface area (Å²) < 4.78 is 0. The van der Waals surface area contributed by atoms with E-state index in [-0.39, 0.29) is 11.8 Å². The number of hydrogen-bond acceptors (Lipinski definition) is 4.